The first-order valence-electron chi connectivity index (χ1n) is 9.23. The molecule has 0 aromatic heterocycles. The summed E-state index contributed by atoms with van der Waals surface area (Å²) in [5, 5.41) is 6.38. The molecule has 2 rings (SSSR count). The maximum Gasteiger partial charge on any atom is 0.209 e. The van der Waals surface area contributed by atoms with E-state index in [1.165, 1.54) is 18.2 Å². The van der Waals surface area contributed by atoms with Crippen molar-refractivity contribution in [3.63, 3.8) is 0 Å². The van der Waals surface area contributed by atoms with Gasteiger partial charge in [-0.1, -0.05) is 6.07 Å². The van der Waals surface area contributed by atoms with Crippen molar-refractivity contribution < 1.29 is 17.2 Å². The van der Waals surface area contributed by atoms with Gasteiger partial charge >= 0.3 is 0 Å². The molecule has 10 heteroatoms. The Morgan fingerprint density at radius 3 is 2.54 bits per heavy atom. The maximum atomic E-state index is 14.0. The average molecular weight is 418 g/mol. The molecule has 0 bridgehead atoms. The molecule has 28 heavy (non-hydrogen) atoms. The first-order chi connectivity index (χ1) is 13.0. The van der Waals surface area contributed by atoms with Gasteiger partial charge < -0.3 is 15.5 Å². The number of rotatable bonds is 7. The third-order valence-electron chi connectivity index (χ3n) is 4.22. The summed E-state index contributed by atoms with van der Waals surface area (Å²) in [6.07, 6.45) is 1.81. The Bertz CT molecular complexity index is 794. The summed E-state index contributed by atoms with van der Waals surface area (Å²) in [4.78, 5) is 6.15. The van der Waals surface area contributed by atoms with Crippen LogP contribution >= 0.6 is 0 Å². The van der Waals surface area contributed by atoms with Gasteiger partial charge in [0.05, 0.1) is 12.8 Å². The molecule has 0 aliphatic carbocycles. The normalized spacial score (nSPS) is 18.4. The summed E-state index contributed by atoms with van der Waals surface area (Å²) in [6, 6.07) is 3.81. The SMILES string of the molecule is CCNC(=NCC(C)(C)NS(C)(=O)=O)NC1CCN(c2c(F)cccc2F)C1. The lowest BCUT2D eigenvalue weighted by Crippen LogP contribution is -2.48. The van der Waals surface area contributed by atoms with Gasteiger partial charge in [0.15, 0.2) is 5.96 Å². The summed E-state index contributed by atoms with van der Waals surface area (Å²) in [5.74, 6) is -0.614. The van der Waals surface area contributed by atoms with E-state index in [0.717, 1.165) is 6.26 Å². The lowest BCUT2D eigenvalue weighted by atomic mass is 10.1. The van der Waals surface area contributed by atoms with Gasteiger partial charge in [-0.25, -0.2) is 21.9 Å². The second-order valence-electron chi connectivity index (χ2n) is 7.60. The smallest absolute Gasteiger partial charge is 0.209 e. The molecule has 1 heterocycles. The number of para-hydroxylation sites is 1. The molecule has 1 fully saturated rings. The Morgan fingerprint density at radius 1 is 1.32 bits per heavy atom. The van der Waals surface area contributed by atoms with Gasteiger partial charge in [-0.3, -0.25) is 4.99 Å². The second-order valence-corrected chi connectivity index (χ2v) is 9.35. The van der Waals surface area contributed by atoms with Crippen LogP contribution < -0.4 is 20.3 Å². The van der Waals surface area contributed by atoms with Crippen molar-refractivity contribution in [2.75, 3.05) is 37.3 Å². The van der Waals surface area contributed by atoms with E-state index in [1.54, 1.807) is 18.7 Å². The Labute approximate surface area is 165 Å². The van der Waals surface area contributed by atoms with Crippen molar-refractivity contribution in [3.8, 4) is 0 Å². The predicted octanol–water partition coefficient (Wildman–Crippen LogP) is 1.43. The van der Waals surface area contributed by atoms with E-state index in [0.29, 0.717) is 32.0 Å². The Morgan fingerprint density at radius 2 is 1.96 bits per heavy atom. The van der Waals surface area contributed by atoms with E-state index in [-0.39, 0.29) is 18.3 Å². The van der Waals surface area contributed by atoms with Gasteiger partial charge in [0.25, 0.3) is 0 Å². The van der Waals surface area contributed by atoms with Crippen molar-refractivity contribution in [1.82, 2.24) is 15.4 Å². The van der Waals surface area contributed by atoms with Gasteiger partial charge in [0.2, 0.25) is 10.0 Å². The molecule has 1 aromatic rings. The fourth-order valence-electron chi connectivity index (χ4n) is 3.20. The zero-order chi connectivity index (χ0) is 20.9. The van der Waals surface area contributed by atoms with Gasteiger partial charge in [-0.2, -0.15) is 0 Å². The molecule has 1 aromatic carbocycles. The van der Waals surface area contributed by atoms with Crippen LogP contribution in [0.3, 0.4) is 0 Å². The lowest BCUT2D eigenvalue weighted by molar-refractivity contribution is 0.464. The summed E-state index contributed by atoms with van der Waals surface area (Å²) in [6.45, 7) is 7.24. The number of halogens is 2. The van der Waals surface area contributed by atoms with Crippen LogP contribution in [-0.4, -0.2) is 58.4 Å². The molecule has 1 atom stereocenters. The Balaban J connectivity index is 2.03. The second kappa shape index (κ2) is 9.04. The number of anilines is 1. The Hall–Kier alpha value is -1.94. The Kier molecular flexibility index (Phi) is 7.22. The molecule has 1 aliphatic rings. The minimum absolute atomic E-state index is 0.00720. The van der Waals surface area contributed by atoms with Crippen molar-refractivity contribution in [3.05, 3.63) is 29.8 Å². The van der Waals surface area contributed by atoms with E-state index in [4.69, 9.17) is 0 Å². The molecule has 0 spiro atoms. The zero-order valence-electron chi connectivity index (χ0n) is 16.7. The van der Waals surface area contributed by atoms with Crippen molar-refractivity contribution >= 4 is 21.7 Å². The first-order valence-corrected chi connectivity index (χ1v) is 11.1. The van der Waals surface area contributed by atoms with Crippen molar-refractivity contribution in [2.24, 2.45) is 4.99 Å². The van der Waals surface area contributed by atoms with Crippen LogP contribution in [0.4, 0.5) is 14.5 Å². The number of nitrogens with zero attached hydrogens (tertiary/aromatic N) is 2. The van der Waals surface area contributed by atoms with E-state index >= 15 is 0 Å². The van der Waals surface area contributed by atoms with Gasteiger partial charge in [0.1, 0.15) is 17.3 Å². The molecule has 0 radical (unpaired) electrons. The summed E-state index contributed by atoms with van der Waals surface area (Å²) in [7, 11) is -3.35. The fraction of sp³-hybridized carbons (Fsp3) is 0.611. The third-order valence-corrected chi connectivity index (χ3v) is 5.14. The molecular weight excluding hydrogens is 388 g/mol. The van der Waals surface area contributed by atoms with E-state index < -0.39 is 27.2 Å². The molecule has 0 amide bonds. The highest BCUT2D eigenvalue weighted by Crippen LogP contribution is 2.26. The third kappa shape index (κ3) is 6.59. The largest absolute Gasteiger partial charge is 0.365 e. The zero-order valence-corrected chi connectivity index (χ0v) is 17.5. The molecule has 1 unspecified atom stereocenters. The van der Waals surface area contributed by atoms with Crippen molar-refractivity contribution in [1.29, 1.82) is 0 Å². The first kappa shape index (κ1) is 22.4. The molecule has 1 saturated heterocycles. The number of hydrogen-bond acceptors (Lipinski definition) is 4. The summed E-state index contributed by atoms with van der Waals surface area (Å²) in [5.41, 5.74) is -0.749. The van der Waals surface area contributed by atoms with Crippen LogP contribution in [0.5, 0.6) is 0 Å². The van der Waals surface area contributed by atoms with Crippen molar-refractivity contribution in [2.45, 2.75) is 38.8 Å². The minimum atomic E-state index is -3.35. The number of guanidine groups is 1. The van der Waals surface area contributed by atoms with Gasteiger partial charge in [0, 0.05) is 31.2 Å². The highest BCUT2D eigenvalue weighted by molar-refractivity contribution is 7.88. The lowest BCUT2D eigenvalue weighted by Gasteiger charge is -2.24. The standard InChI is InChI=1S/C18H29F2N5O2S/c1-5-21-17(22-12-18(2,3)24-28(4,26)27)23-13-9-10-25(11-13)16-14(19)7-6-8-15(16)20/h6-8,13,24H,5,9-12H2,1-4H3,(H2,21,22,23). The van der Waals surface area contributed by atoms with E-state index in [1.807, 2.05) is 6.92 Å². The number of aliphatic imine (C=N–C) groups is 1. The average Bonchev–Trinajstić information content (AvgIpc) is 2.99. The quantitative estimate of drug-likeness (QED) is 0.462. The number of nitrogens with one attached hydrogen (secondary N) is 3. The topological polar surface area (TPSA) is 85.8 Å². The molecular formula is C18H29F2N5O2S. The number of hydrogen-bond donors (Lipinski definition) is 3. The number of sulfonamides is 1. The van der Waals surface area contributed by atoms with E-state index in [2.05, 4.69) is 20.3 Å². The van der Waals surface area contributed by atoms with Gasteiger partial charge in [-0.15, -0.1) is 0 Å². The molecule has 7 nitrogen and oxygen atoms in total. The van der Waals surface area contributed by atoms with E-state index in [9.17, 15) is 17.2 Å². The van der Waals surface area contributed by atoms with Crippen LogP contribution in [0.1, 0.15) is 27.2 Å². The van der Waals surface area contributed by atoms with Crippen LogP contribution in [0, 0.1) is 11.6 Å². The molecule has 0 saturated carbocycles. The molecule has 3 N–H and O–H groups in total. The minimum Gasteiger partial charge on any atom is -0.365 e. The van der Waals surface area contributed by atoms with Crippen LogP contribution in [0.15, 0.2) is 23.2 Å². The maximum absolute atomic E-state index is 14.0. The van der Waals surface area contributed by atoms with Crippen LogP contribution in [0.2, 0.25) is 0 Å². The predicted molar refractivity (Wildman–Crippen MR) is 108 cm³/mol. The fourth-order valence-corrected chi connectivity index (χ4v) is 4.26. The highest BCUT2D eigenvalue weighted by Gasteiger charge is 2.28. The van der Waals surface area contributed by atoms with Gasteiger partial charge in [-0.05, 0) is 39.3 Å². The molecule has 1 aliphatic heterocycles. The summed E-state index contributed by atoms with van der Waals surface area (Å²) < 4.78 is 53.5. The summed E-state index contributed by atoms with van der Waals surface area (Å²) >= 11 is 0. The number of benzene rings is 1. The highest BCUT2D eigenvalue weighted by atomic mass is 32.2. The monoisotopic (exact) mass is 417 g/mol. The van der Waals surface area contributed by atoms with Crippen LogP contribution in [-0.2, 0) is 10.0 Å². The van der Waals surface area contributed by atoms with Crippen LogP contribution in [0.25, 0.3) is 0 Å². The molecule has 158 valence electrons.